The standard InChI is InChI=1S/C29H29N7O4/c1-33-18-24(22-4-3-5-25-23(22)10-11-36(25)28(38)20-16-30-34(2)17-20)32-26(29(33)39)31-21-8-6-19(7-9-21)27(37)35-12-14-40-15-13-35/h3-9,16-18H,10-15H2,1-2H3,(H,31,32). The highest BCUT2D eigenvalue weighted by atomic mass is 16.5. The van der Waals surface area contributed by atoms with Crippen LogP contribution >= 0.6 is 0 Å². The number of benzene rings is 2. The molecule has 4 heterocycles. The van der Waals surface area contributed by atoms with Crippen molar-refractivity contribution in [2.75, 3.05) is 43.1 Å². The Morgan fingerprint density at radius 1 is 0.925 bits per heavy atom. The third-order valence-electron chi connectivity index (χ3n) is 7.26. The van der Waals surface area contributed by atoms with E-state index in [0.717, 1.165) is 16.8 Å². The predicted molar refractivity (Wildman–Crippen MR) is 150 cm³/mol. The lowest BCUT2D eigenvalue weighted by Crippen LogP contribution is -2.40. The zero-order valence-corrected chi connectivity index (χ0v) is 22.3. The number of amides is 2. The molecule has 0 saturated carbocycles. The molecule has 1 N–H and O–H groups in total. The first-order valence-corrected chi connectivity index (χ1v) is 13.1. The van der Waals surface area contributed by atoms with Crippen molar-refractivity contribution in [3.05, 3.63) is 88.1 Å². The largest absolute Gasteiger partial charge is 0.378 e. The molecular formula is C29H29N7O4. The number of hydrogen-bond acceptors (Lipinski definition) is 7. The van der Waals surface area contributed by atoms with Crippen LogP contribution in [-0.2, 0) is 25.3 Å². The summed E-state index contributed by atoms with van der Waals surface area (Å²) in [5, 5.41) is 7.25. The van der Waals surface area contributed by atoms with Gasteiger partial charge in [0.15, 0.2) is 5.82 Å². The monoisotopic (exact) mass is 539 g/mol. The average molecular weight is 540 g/mol. The highest BCUT2D eigenvalue weighted by Crippen LogP contribution is 2.36. The molecule has 4 aromatic rings. The molecule has 2 aliphatic heterocycles. The van der Waals surface area contributed by atoms with Gasteiger partial charge in [-0.05, 0) is 42.3 Å². The molecule has 2 amide bonds. The van der Waals surface area contributed by atoms with E-state index < -0.39 is 0 Å². The molecule has 11 heteroatoms. The van der Waals surface area contributed by atoms with Crippen molar-refractivity contribution in [1.82, 2.24) is 24.2 Å². The summed E-state index contributed by atoms with van der Waals surface area (Å²) in [6.07, 6.45) is 5.66. The number of fused-ring (bicyclic) bond motifs is 1. The molecule has 0 aliphatic carbocycles. The SMILES string of the molecule is Cn1cc(C(=O)N2CCc3c(-c4cn(C)c(=O)c(Nc5ccc(C(=O)N6CCOCC6)cc5)n4)cccc32)cn1. The Morgan fingerprint density at radius 3 is 2.42 bits per heavy atom. The third-order valence-corrected chi connectivity index (χ3v) is 7.26. The summed E-state index contributed by atoms with van der Waals surface area (Å²) in [4.78, 5) is 47.1. The van der Waals surface area contributed by atoms with Crippen molar-refractivity contribution in [2.45, 2.75) is 6.42 Å². The fourth-order valence-corrected chi connectivity index (χ4v) is 5.17. The first kappa shape index (κ1) is 25.5. The van der Waals surface area contributed by atoms with E-state index in [9.17, 15) is 14.4 Å². The van der Waals surface area contributed by atoms with Gasteiger partial charge in [-0.1, -0.05) is 12.1 Å². The zero-order chi connectivity index (χ0) is 27.8. The van der Waals surface area contributed by atoms with Crippen molar-refractivity contribution in [2.24, 2.45) is 14.1 Å². The van der Waals surface area contributed by atoms with Crippen LogP contribution < -0.4 is 15.8 Å². The minimum Gasteiger partial charge on any atom is -0.378 e. The van der Waals surface area contributed by atoms with Gasteiger partial charge in [-0.15, -0.1) is 0 Å². The van der Waals surface area contributed by atoms with Crippen LogP contribution in [0.15, 0.2) is 65.8 Å². The number of morpholine rings is 1. The van der Waals surface area contributed by atoms with Crippen molar-refractivity contribution in [3.63, 3.8) is 0 Å². The maximum atomic E-state index is 13.2. The van der Waals surface area contributed by atoms with Gasteiger partial charge in [0.1, 0.15) is 0 Å². The van der Waals surface area contributed by atoms with Gasteiger partial charge in [0, 0.05) is 68.6 Å². The van der Waals surface area contributed by atoms with Gasteiger partial charge in [-0.2, -0.15) is 5.10 Å². The Morgan fingerprint density at radius 2 is 1.70 bits per heavy atom. The predicted octanol–water partition coefficient (Wildman–Crippen LogP) is 2.60. The number of anilines is 3. The topological polar surface area (TPSA) is 115 Å². The molecule has 0 unspecified atom stereocenters. The molecule has 6 rings (SSSR count). The molecule has 2 aliphatic rings. The molecule has 1 saturated heterocycles. The maximum Gasteiger partial charge on any atom is 0.293 e. The van der Waals surface area contributed by atoms with Crippen molar-refractivity contribution in [1.29, 1.82) is 0 Å². The quantitative estimate of drug-likeness (QED) is 0.415. The highest BCUT2D eigenvalue weighted by molar-refractivity contribution is 6.07. The Bertz CT molecular complexity index is 1650. The Labute approximate surface area is 230 Å². The number of carbonyl (C=O) groups excluding carboxylic acids is 2. The number of aryl methyl sites for hydroxylation is 2. The lowest BCUT2D eigenvalue weighted by molar-refractivity contribution is 0.0303. The summed E-state index contributed by atoms with van der Waals surface area (Å²) < 4.78 is 8.43. The number of hydrogen-bond donors (Lipinski definition) is 1. The number of ether oxygens (including phenoxy) is 1. The Balaban J connectivity index is 1.26. The summed E-state index contributed by atoms with van der Waals surface area (Å²) in [6, 6.07) is 12.8. The fourth-order valence-electron chi connectivity index (χ4n) is 5.17. The van der Waals surface area contributed by atoms with Crippen LogP contribution in [0.25, 0.3) is 11.3 Å². The van der Waals surface area contributed by atoms with Crippen LogP contribution in [-0.4, -0.2) is 68.9 Å². The molecule has 40 heavy (non-hydrogen) atoms. The molecular weight excluding hydrogens is 510 g/mol. The van der Waals surface area contributed by atoms with E-state index in [1.54, 1.807) is 71.4 Å². The zero-order valence-electron chi connectivity index (χ0n) is 22.3. The summed E-state index contributed by atoms with van der Waals surface area (Å²) in [5.41, 5.74) is 4.79. The molecule has 1 fully saturated rings. The molecule has 11 nitrogen and oxygen atoms in total. The van der Waals surface area contributed by atoms with E-state index in [4.69, 9.17) is 4.74 Å². The van der Waals surface area contributed by atoms with E-state index in [1.807, 2.05) is 18.2 Å². The second-order valence-electron chi connectivity index (χ2n) is 9.91. The minimum atomic E-state index is -0.279. The van der Waals surface area contributed by atoms with E-state index in [-0.39, 0.29) is 23.2 Å². The number of carbonyl (C=O) groups is 2. The van der Waals surface area contributed by atoms with Crippen LogP contribution in [0.4, 0.5) is 17.2 Å². The van der Waals surface area contributed by atoms with E-state index in [1.165, 1.54) is 4.57 Å². The number of nitrogens with one attached hydrogen (secondary N) is 1. The summed E-state index contributed by atoms with van der Waals surface area (Å²) >= 11 is 0. The molecule has 0 spiro atoms. The second-order valence-corrected chi connectivity index (χ2v) is 9.91. The van der Waals surface area contributed by atoms with Crippen molar-refractivity contribution in [3.8, 4) is 11.3 Å². The van der Waals surface area contributed by atoms with Gasteiger partial charge in [-0.25, -0.2) is 4.98 Å². The van der Waals surface area contributed by atoms with Crippen LogP contribution in [0.1, 0.15) is 26.3 Å². The lowest BCUT2D eigenvalue weighted by Gasteiger charge is -2.26. The molecule has 0 bridgehead atoms. The van der Waals surface area contributed by atoms with Crippen LogP contribution in [0, 0.1) is 0 Å². The van der Waals surface area contributed by atoms with Crippen LogP contribution in [0.5, 0.6) is 0 Å². The molecule has 0 radical (unpaired) electrons. The van der Waals surface area contributed by atoms with Crippen LogP contribution in [0.2, 0.25) is 0 Å². The van der Waals surface area contributed by atoms with Gasteiger partial charge in [-0.3, -0.25) is 19.1 Å². The summed E-state index contributed by atoms with van der Waals surface area (Å²) in [7, 11) is 3.47. The summed E-state index contributed by atoms with van der Waals surface area (Å²) in [6.45, 7) is 2.78. The van der Waals surface area contributed by atoms with Crippen LogP contribution in [0.3, 0.4) is 0 Å². The minimum absolute atomic E-state index is 0.0418. The normalized spacial score (nSPS) is 14.8. The van der Waals surface area contributed by atoms with E-state index >= 15 is 0 Å². The molecule has 204 valence electrons. The second kappa shape index (κ2) is 10.4. The average Bonchev–Trinajstić information content (AvgIpc) is 3.62. The first-order chi connectivity index (χ1) is 19.4. The molecule has 2 aromatic carbocycles. The number of nitrogens with zero attached hydrogens (tertiary/aromatic N) is 6. The van der Waals surface area contributed by atoms with Crippen molar-refractivity contribution < 1.29 is 14.3 Å². The van der Waals surface area contributed by atoms with Gasteiger partial charge < -0.3 is 24.4 Å². The smallest absolute Gasteiger partial charge is 0.293 e. The Kier molecular flexibility index (Phi) is 6.64. The van der Waals surface area contributed by atoms with Gasteiger partial charge in [0.05, 0.1) is 30.7 Å². The van der Waals surface area contributed by atoms with Gasteiger partial charge in [0.25, 0.3) is 17.4 Å². The highest BCUT2D eigenvalue weighted by Gasteiger charge is 2.29. The fraction of sp³-hybridized carbons (Fsp3) is 0.276. The third kappa shape index (κ3) is 4.75. The first-order valence-electron chi connectivity index (χ1n) is 13.1. The summed E-state index contributed by atoms with van der Waals surface area (Å²) in [5.74, 6) is 0.0290. The number of aromatic nitrogens is 4. The van der Waals surface area contributed by atoms with Gasteiger partial charge >= 0.3 is 0 Å². The van der Waals surface area contributed by atoms with E-state index in [2.05, 4.69) is 15.4 Å². The lowest BCUT2D eigenvalue weighted by atomic mass is 10.0. The number of rotatable bonds is 5. The van der Waals surface area contributed by atoms with Crippen molar-refractivity contribution >= 4 is 29.0 Å². The molecule has 0 atom stereocenters. The van der Waals surface area contributed by atoms with E-state index in [0.29, 0.717) is 61.8 Å². The maximum absolute atomic E-state index is 13.2. The molecule has 2 aromatic heterocycles. The Hall–Kier alpha value is -4.77. The van der Waals surface area contributed by atoms with Gasteiger partial charge in [0.2, 0.25) is 0 Å².